The van der Waals surface area contributed by atoms with Crippen LogP contribution in [-0.4, -0.2) is 51.7 Å². The molecule has 1 fully saturated rings. The Morgan fingerprint density at radius 3 is 2.38 bits per heavy atom. The van der Waals surface area contributed by atoms with Crippen LogP contribution in [0.2, 0.25) is 5.02 Å². The monoisotopic (exact) mass is 350 g/mol. The number of aromatic nitrogens is 2. The largest absolute Gasteiger partial charge is 0.335 e. The number of carbonyl (C=O) groups excluding carboxylic acids is 1. The molecule has 1 amide bonds. The molecule has 1 aromatic carbocycles. The smallest absolute Gasteiger partial charge is 0.276 e. The molecule has 24 heavy (non-hydrogen) atoms. The van der Waals surface area contributed by atoms with Crippen LogP contribution in [-0.2, 0) is 13.6 Å². The Morgan fingerprint density at radius 1 is 1.21 bits per heavy atom. The number of piperazine rings is 1. The first-order chi connectivity index (χ1) is 11.5. The fourth-order valence-corrected chi connectivity index (χ4v) is 3.07. The maximum Gasteiger partial charge on any atom is 0.276 e. The van der Waals surface area contributed by atoms with Gasteiger partial charge in [-0.05, 0) is 24.6 Å². The average Bonchev–Trinajstić information content (AvgIpc) is 2.84. The van der Waals surface area contributed by atoms with Gasteiger partial charge in [0.15, 0.2) is 5.69 Å². The van der Waals surface area contributed by atoms with Crippen molar-refractivity contribution in [1.82, 2.24) is 19.6 Å². The van der Waals surface area contributed by atoms with Crippen molar-refractivity contribution in [1.29, 1.82) is 0 Å². The van der Waals surface area contributed by atoms with E-state index < -0.39 is 0 Å². The van der Waals surface area contributed by atoms with E-state index in [9.17, 15) is 9.18 Å². The fourth-order valence-electron chi connectivity index (χ4n) is 2.83. The second-order valence-electron chi connectivity index (χ2n) is 6.07. The van der Waals surface area contributed by atoms with E-state index in [0.29, 0.717) is 23.8 Å². The Kier molecular flexibility index (Phi) is 4.87. The number of amides is 1. The van der Waals surface area contributed by atoms with Crippen LogP contribution in [0.4, 0.5) is 4.39 Å². The second kappa shape index (κ2) is 6.91. The third-order valence-electron chi connectivity index (χ3n) is 4.44. The Labute approximate surface area is 145 Å². The molecule has 1 saturated heterocycles. The topological polar surface area (TPSA) is 41.4 Å². The van der Waals surface area contributed by atoms with Crippen molar-refractivity contribution in [2.24, 2.45) is 7.05 Å². The molecule has 2 heterocycles. The van der Waals surface area contributed by atoms with Crippen LogP contribution < -0.4 is 0 Å². The van der Waals surface area contributed by atoms with Crippen molar-refractivity contribution in [3.05, 3.63) is 52.1 Å². The zero-order valence-electron chi connectivity index (χ0n) is 13.8. The highest BCUT2D eigenvalue weighted by Gasteiger charge is 2.26. The molecule has 2 aromatic rings. The van der Waals surface area contributed by atoms with Gasteiger partial charge in [0.05, 0.1) is 10.7 Å². The molecule has 0 atom stereocenters. The van der Waals surface area contributed by atoms with E-state index in [-0.39, 0.29) is 11.7 Å². The lowest BCUT2D eigenvalue weighted by Gasteiger charge is -2.34. The minimum Gasteiger partial charge on any atom is -0.335 e. The molecule has 0 bridgehead atoms. The molecule has 1 aliphatic rings. The van der Waals surface area contributed by atoms with Gasteiger partial charge in [0.2, 0.25) is 0 Å². The number of nitrogens with zero attached hydrogens (tertiary/aromatic N) is 4. The maximum absolute atomic E-state index is 13.0. The third-order valence-corrected chi connectivity index (χ3v) is 4.89. The molecular formula is C17H20ClFN4O. The zero-order chi connectivity index (χ0) is 17.3. The summed E-state index contributed by atoms with van der Waals surface area (Å²) < 4.78 is 14.6. The van der Waals surface area contributed by atoms with Crippen LogP contribution in [0.5, 0.6) is 0 Å². The molecule has 0 unspecified atom stereocenters. The first-order valence-corrected chi connectivity index (χ1v) is 8.28. The molecular weight excluding hydrogens is 331 g/mol. The number of carbonyl (C=O) groups is 1. The van der Waals surface area contributed by atoms with Gasteiger partial charge in [-0.25, -0.2) is 4.39 Å². The molecule has 128 valence electrons. The summed E-state index contributed by atoms with van der Waals surface area (Å²) in [7, 11) is 1.78. The van der Waals surface area contributed by atoms with Gasteiger partial charge in [-0.2, -0.15) is 5.10 Å². The lowest BCUT2D eigenvalue weighted by atomic mass is 10.2. The Bertz CT molecular complexity index is 736. The summed E-state index contributed by atoms with van der Waals surface area (Å²) >= 11 is 6.21. The summed E-state index contributed by atoms with van der Waals surface area (Å²) in [5, 5.41) is 4.65. The number of halogens is 2. The summed E-state index contributed by atoms with van der Waals surface area (Å²) in [6.45, 7) is 5.40. The summed E-state index contributed by atoms with van der Waals surface area (Å²) in [4.78, 5) is 16.6. The van der Waals surface area contributed by atoms with Crippen molar-refractivity contribution in [3.8, 4) is 0 Å². The first-order valence-electron chi connectivity index (χ1n) is 7.91. The van der Waals surface area contributed by atoms with Crippen molar-refractivity contribution >= 4 is 17.5 Å². The molecule has 1 aliphatic heterocycles. The van der Waals surface area contributed by atoms with Crippen LogP contribution in [0.15, 0.2) is 24.3 Å². The minimum atomic E-state index is -0.225. The van der Waals surface area contributed by atoms with Crippen LogP contribution in [0.25, 0.3) is 0 Å². The predicted octanol–water partition coefficient (Wildman–Crippen LogP) is 2.48. The molecule has 0 spiro atoms. The van der Waals surface area contributed by atoms with Crippen molar-refractivity contribution in [3.63, 3.8) is 0 Å². The molecule has 1 aromatic heterocycles. The quantitative estimate of drug-likeness (QED) is 0.854. The van der Waals surface area contributed by atoms with Gasteiger partial charge in [-0.15, -0.1) is 0 Å². The Morgan fingerprint density at radius 2 is 1.83 bits per heavy atom. The van der Waals surface area contributed by atoms with E-state index in [1.165, 1.54) is 12.1 Å². The van der Waals surface area contributed by atoms with E-state index in [2.05, 4.69) is 10.00 Å². The molecule has 3 rings (SSSR count). The summed E-state index contributed by atoms with van der Waals surface area (Å²) in [5.74, 6) is -0.346. The molecule has 0 aliphatic carbocycles. The average molecular weight is 351 g/mol. The standard InChI is InChI=1S/C17H20ClFN4O/c1-12-15(18)16(20-21(12)2)17(24)23-9-7-22(8-10-23)11-13-3-5-14(19)6-4-13/h3-6H,7-11H2,1-2H3. The van der Waals surface area contributed by atoms with Crippen LogP contribution in [0, 0.1) is 12.7 Å². The second-order valence-corrected chi connectivity index (χ2v) is 6.44. The highest BCUT2D eigenvalue weighted by atomic mass is 35.5. The van der Waals surface area contributed by atoms with Gasteiger partial charge in [0.1, 0.15) is 5.82 Å². The maximum atomic E-state index is 13.0. The van der Waals surface area contributed by atoms with Crippen LogP contribution in [0.3, 0.4) is 0 Å². The fraction of sp³-hybridized carbons (Fsp3) is 0.412. The Hall–Kier alpha value is -1.92. The molecule has 0 saturated carbocycles. The van der Waals surface area contributed by atoms with E-state index in [1.807, 2.05) is 6.92 Å². The summed E-state index contributed by atoms with van der Waals surface area (Å²) in [5.41, 5.74) is 2.18. The van der Waals surface area contributed by atoms with Gasteiger partial charge in [-0.3, -0.25) is 14.4 Å². The highest BCUT2D eigenvalue weighted by molar-refractivity contribution is 6.34. The summed E-state index contributed by atoms with van der Waals surface area (Å²) in [6.07, 6.45) is 0. The van der Waals surface area contributed by atoms with E-state index in [4.69, 9.17) is 11.6 Å². The third kappa shape index (κ3) is 3.44. The first kappa shape index (κ1) is 16.9. The van der Waals surface area contributed by atoms with E-state index >= 15 is 0 Å². The SMILES string of the molecule is Cc1c(Cl)c(C(=O)N2CCN(Cc3ccc(F)cc3)CC2)nn1C. The molecule has 0 radical (unpaired) electrons. The van der Waals surface area contributed by atoms with Gasteiger partial charge in [-0.1, -0.05) is 23.7 Å². The number of rotatable bonds is 3. The van der Waals surface area contributed by atoms with Crippen LogP contribution in [0.1, 0.15) is 21.7 Å². The number of benzene rings is 1. The van der Waals surface area contributed by atoms with Crippen molar-refractivity contribution in [2.75, 3.05) is 26.2 Å². The van der Waals surface area contributed by atoms with Gasteiger partial charge in [0, 0.05) is 39.8 Å². The van der Waals surface area contributed by atoms with E-state index in [1.54, 1.807) is 28.8 Å². The van der Waals surface area contributed by atoms with Crippen molar-refractivity contribution < 1.29 is 9.18 Å². The van der Waals surface area contributed by atoms with Gasteiger partial charge in [0.25, 0.3) is 5.91 Å². The summed E-state index contributed by atoms with van der Waals surface area (Å²) in [6, 6.07) is 6.54. The lowest BCUT2D eigenvalue weighted by Crippen LogP contribution is -2.48. The number of aryl methyl sites for hydroxylation is 1. The number of hydrogen-bond donors (Lipinski definition) is 0. The van der Waals surface area contributed by atoms with Crippen molar-refractivity contribution in [2.45, 2.75) is 13.5 Å². The molecule has 7 heteroatoms. The van der Waals surface area contributed by atoms with Gasteiger partial charge < -0.3 is 4.90 Å². The highest BCUT2D eigenvalue weighted by Crippen LogP contribution is 2.21. The molecule has 0 N–H and O–H groups in total. The van der Waals surface area contributed by atoms with Gasteiger partial charge >= 0.3 is 0 Å². The van der Waals surface area contributed by atoms with Crippen LogP contribution >= 0.6 is 11.6 Å². The minimum absolute atomic E-state index is 0.120. The lowest BCUT2D eigenvalue weighted by molar-refractivity contribution is 0.0622. The zero-order valence-corrected chi connectivity index (χ0v) is 14.6. The van der Waals surface area contributed by atoms with E-state index in [0.717, 1.165) is 30.9 Å². The predicted molar refractivity (Wildman–Crippen MR) is 90.5 cm³/mol. The normalized spacial score (nSPS) is 15.8. The molecule has 5 nitrogen and oxygen atoms in total. The number of hydrogen-bond acceptors (Lipinski definition) is 3. The Balaban J connectivity index is 1.59.